The van der Waals surface area contributed by atoms with Crippen molar-refractivity contribution < 1.29 is 9.21 Å². The topological polar surface area (TPSA) is 62.5 Å². The number of para-hydroxylation sites is 2. The summed E-state index contributed by atoms with van der Waals surface area (Å²) in [5.41, 5.74) is 3.23. The SMILES string of the molecule is Cc1nc(C(=O)N2CCCN(c3nc4ccccc4o3)CC2)c(-c2ccccc2)s1. The third-order valence-electron chi connectivity index (χ3n) is 5.31. The molecule has 4 aromatic rings. The van der Waals surface area contributed by atoms with Crippen LogP contribution in [0.15, 0.2) is 59.0 Å². The fourth-order valence-electron chi connectivity index (χ4n) is 3.81. The lowest BCUT2D eigenvalue weighted by molar-refractivity contribution is 0.0762. The molecule has 0 N–H and O–H groups in total. The molecule has 0 bridgehead atoms. The monoisotopic (exact) mass is 418 g/mol. The molecule has 2 aromatic heterocycles. The number of carbonyl (C=O) groups is 1. The molecule has 1 fully saturated rings. The first-order valence-electron chi connectivity index (χ1n) is 10.1. The van der Waals surface area contributed by atoms with Crippen molar-refractivity contribution in [2.75, 3.05) is 31.1 Å². The quantitative estimate of drug-likeness (QED) is 0.486. The van der Waals surface area contributed by atoms with E-state index in [1.54, 1.807) is 11.3 Å². The molecule has 1 saturated heterocycles. The van der Waals surface area contributed by atoms with E-state index in [-0.39, 0.29) is 5.91 Å². The Morgan fingerprint density at radius 2 is 1.77 bits per heavy atom. The van der Waals surface area contributed by atoms with Gasteiger partial charge in [-0.3, -0.25) is 4.79 Å². The van der Waals surface area contributed by atoms with Gasteiger partial charge in [0.15, 0.2) is 5.58 Å². The Bertz CT molecular complexity index is 1150. The standard InChI is InChI=1S/C23H22N4O2S/c1-16-24-20(21(30-16)17-8-3-2-4-9-17)22(28)26-12-7-13-27(15-14-26)23-25-18-10-5-6-11-19(18)29-23/h2-6,8-11H,7,12-15H2,1H3. The molecule has 3 heterocycles. The normalized spacial score (nSPS) is 14.8. The van der Waals surface area contributed by atoms with Crippen LogP contribution in [0.3, 0.4) is 0 Å². The van der Waals surface area contributed by atoms with Crippen LogP contribution in [-0.4, -0.2) is 47.0 Å². The molecule has 0 unspecified atom stereocenters. The molecule has 0 aliphatic carbocycles. The van der Waals surface area contributed by atoms with Crippen molar-refractivity contribution in [2.45, 2.75) is 13.3 Å². The minimum atomic E-state index is -0.00221. The number of amides is 1. The Balaban J connectivity index is 1.36. The highest BCUT2D eigenvalue weighted by molar-refractivity contribution is 7.15. The van der Waals surface area contributed by atoms with E-state index in [1.165, 1.54) is 0 Å². The molecule has 30 heavy (non-hydrogen) atoms. The number of aromatic nitrogens is 2. The largest absolute Gasteiger partial charge is 0.423 e. The Labute approximate surface area is 178 Å². The molecule has 2 aromatic carbocycles. The summed E-state index contributed by atoms with van der Waals surface area (Å²) in [5, 5.41) is 0.903. The lowest BCUT2D eigenvalue weighted by Crippen LogP contribution is -2.35. The fourth-order valence-corrected chi connectivity index (χ4v) is 4.73. The summed E-state index contributed by atoms with van der Waals surface area (Å²) in [5.74, 6) is -0.00221. The van der Waals surface area contributed by atoms with Crippen molar-refractivity contribution in [3.8, 4) is 10.4 Å². The van der Waals surface area contributed by atoms with E-state index >= 15 is 0 Å². The molecule has 0 spiro atoms. The summed E-state index contributed by atoms with van der Waals surface area (Å²) < 4.78 is 5.92. The maximum absolute atomic E-state index is 13.4. The second-order valence-corrected chi connectivity index (χ2v) is 8.58. The van der Waals surface area contributed by atoms with Crippen molar-refractivity contribution in [2.24, 2.45) is 0 Å². The zero-order valence-electron chi connectivity index (χ0n) is 16.7. The van der Waals surface area contributed by atoms with Gasteiger partial charge in [0.2, 0.25) is 0 Å². The van der Waals surface area contributed by atoms with Gasteiger partial charge in [-0.2, -0.15) is 4.98 Å². The molecule has 5 rings (SSSR count). The van der Waals surface area contributed by atoms with Crippen molar-refractivity contribution in [1.82, 2.24) is 14.9 Å². The van der Waals surface area contributed by atoms with Gasteiger partial charge in [0.05, 0.1) is 9.88 Å². The van der Waals surface area contributed by atoms with Crippen LogP contribution < -0.4 is 4.90 Å². The van der Waals surface area contributed by atoms with Gasteiger partial charge in [0, 0.05) is 26.2 Å². The van der Waals surface area contributed by atoms with E-state index in [1.807, 2.05) is 66.4 Å². The first-order chi connectivity index (χ1) is 14.7. The molecule has 7 heteroatoms. The maximum atomic E-state index is 13.4. The summed E-state index contributed by atoms with van der Waals surface area (Å²) in [4.78, 5) is 27.5. The zero-order valence-corrected chi connectivity index (χ0v) is 17.6. The van der Waals surface area contributed by atoms with Crippen molar-refractivity contribution in [1.29, 1.82) is 0 Å². The van der Waals surface area contributed by atoms with E-state index in [2.05, 4.69) is 14.9 Å². The van der Waals surface area contributed by atoms with E-state index in [0.717, 1.165) is 39.5 Å². The van der Waals surface area contributed by atoms with Crippen LogP contribution in [0.1, 0.15) is 21.9 Å². The smallest absolute Gasteiger partial charge is 0.298 e. The third-order valence-corrected chi connectivity index (χ3v) is 6.33. The first-order valence-corrected chi connectivity index (χ1v) is 10.9. The van der Waals surface area contributed by atoms with Gasteiger partial charge in [-0.15, -0.1) is 11.3 Å². The Morgan fingerprint density at radius 3 is 2.60 bits per heavy atom. The van der Waals surface area contributed by atoms with Crippen LogP contribution >= 0.6 is 11.3 Å². The molecule has 0 atom stereocenters. The predicted octanol–water partition coefficient (Wildman–Crippen LogP) is 4.61. The Hall–Kier alpha value is -3.19. The van der Waals surface area contributed by atoms with E-state index in [0.29, 0.717) is 31.3 Å². The highest BCUT2D eigenvalue weighted by atomic mass is 32.1. The number of hydrogen-bond donors (Lipinski definition) is 0. The lowest BCUT2D eigenvalue weighted by Gasteiger charge is -2.21. The summed E-state index contributed by atoms with van der Waals surface area (Å²) in [7, 11) is 0. The lowest BCUT2D eigenvalue weighted by atomic mass is 10.1. The average molecular weight is 419 g/mol. The van der Waals surface area contributed by atoms with Gasteiger partial charge >= 0.3 is 0 Å². The third kappa shape index (κ3) is 3.57. The molecule has 1 amide bonds. The number of carbonyl (C=O) groups excluding carboxylic acids is 1. The summed E-state index contributed by atoms with van der Waals surface area (Å²) in [6.07, 6.45) is 0.855. The molecule has 1 aliphatic rings. The number of anilines is 1. The highest BCUT2D eigenvalue weighted by Gasteiger charge is 2.26. The number of rotatable bonds is 3. The van der Waals surface area contributed by atoms with Crippen molar-refractivity contribution >= 4 is 34.4 Å². The average Bonchev–Trinajstić information content (AvgIpc) is 3.29. The number of aryl methyl sites for hydroxylation is 1. The number of nitrogens with zero attached hydrogens (tertiary/aromatic N) is 4. The second kappa shape index (κ2) is 7.91. The van der Waals surface area contributed by atoms with Crippen LogP contribution in [0, 0.1) is 6.92 Å². The van der Waals surface area contributed by atoms with Crippen LogP contribution in [-0.2, 0) is 0 Å². The molecule has 6 nitrogen and oxygen atoms in total. The van der Waals surface area contributed by atoms with Gasteiger partial charge in [-0.25, -0.2) is 4.98 Å². The zero-order chi connectivity index (χ0) is 20.5. The van der Waals surface area contributed by atoms with Gasteiger partial charge in [0.1, 0.15) is 11.2 Å². The Kier molecular flexibility index (Phi) is 4.96. The van der Waals surface area contributed by atoms with Gasteiger partial charge in [-0.05, 0) is 31.0 Å². The number of fused-ring (bicyclic) bond motifs is 1. The van der Waals surface area contributed by atoms with Gasteiger partial charge in [-0.1, -0.05) is 42.5 Å². The molecule has 1 aliphatic heterocycles. The summed E-state index contributed by atoms with van der Waals surface area (Å²) in [6.45, 7) is 4.74. The Morgan fingerprint density at radius 1 is 0.967 bits per heavy atom. The number of oxazole rings is 1. The van der Waals surface area contributed by atoms with E-state index in [4.69, 9.17) is 4.42 Å². The first kappa shape index (κ1) is 18.8. The van der Waals surface area contributed by atoms with E-state index in [9.17, 15) is 4.79 Å². The molecule has 0 saturated carbocycles. The molecule has 152 valence electrons. The second-order valence-electron chi connectivity index (χ2n) is 7.37. The van der Waals surface area contributed by atoms with Crippen molar-refractivity contribution in [3.63, 3.8) is 0 Å². The maximum Gasteiger partial charge on any atom is 0.298 e. The highest BCUT2D eigenvalue weighted by Crippen LogP contribution is 2.31. The summed E-state index contributed by atoms with van der Waals surface area (Å²) >= 11 is 1.57. The number of thiazole rings is 1. The molecular formula is C23H22N4O2S. The van der Waals surface area contributed by atoms with Crippen molar-refractivity contribution in [3.05, 3.63) is 65.3 Å². The van der Waals surface area contributed by atoms with Crippen LogP contribution in [0.2, 0.25) is 0 Å². The predicted molar refractivity (Wildman–Crippen MR) is 119 cm³/mol. The number of hydrogen-bond acceptors (Lipinski definition) is 6. The minimum Gasteiger partial charge on any atom is -0.423 e. The van der Waals surface area contributed by atoms with Crippen LogP contribution in [0.5, 0.6) is 0 Å². The summed E-state index contributed by atoms with van der Waals surface area (Å²) in [6, 6.07) is 18.4. The van der Waals surface area contributed by atoms with E-state index < -0.39 is 0 Å². The molecular weight excluding hydrogens is 396 g/mol. The number of benzene rings is 2. The molecule has 0 radical (unpaired) electrons. The van der Waals surface area contributed by atoms with Gasteiger partial charge < -0.3 is 14.2 Å². The van der Waals surface area contributed by atoms with Gasteiger partial charge in [0.25, 0.3) is 11.9 Å². The minimum absolute atomic E-state index is 0.00221. The van der Waals surface area contributed by atoms with Crippen LogP contribution in [0.4, 0.5) is 6.01 Å². The fraction of sp³-hybridized carbons (Fsp3) is 0.261. The van der Waals surface area contributed by atoms with Crippen LogP contribution in [0.25, 0.3) is 21.5 Å².